The topological polar surface area (TPSA) is 45.5 Å². The van der Waals surface area contributed by atoms with Crippen LogP contribution in [0.2, 0.25) is 0 Å². The fourth-order valence-corrected chi connectivity index (χ4v) is 2.60. The zero-order chi connectivity index (χ0) is 13.8. The summed E-state index contributed by atoms with van der Waals surface area (Å²) < 4.78 is 5.34. The normalized spacial score (nSPS) is 19.1. The molecule has 2 rings (SSSR count). The van der Waals surface area contributed by atoms with E-state index in [9.17, 15) is 4.79 Å². The van der Waals surface area contributed by atoms with Gasteiger partial charge in [0.1, 0.15) is 0 Å². The van der Waals surface area contributed by atoms with E-state index >= 15 is 0 Å². The van der Waals surface area contributed by atoms with Crippen molar-refractivity contribution in [1.82, 2.24) is 10.2 Å². The minimum atomic E-state index is 0.0184. The van der Waals surface area contributed by atoms with Crippen molar-refractivity contribution in [3.63, 3.8) is 0 Å². The Bertz CT molecular complexity index is 420. The maximum atomic E-state index is 12.6. The highest BCUT2D eigenvalue weighted by atomic mass is 16.3. The van der Waals surface area contributed by atoms with Gasteiger partial charge in [-0.1, -0.05) is 13.8 Å². The van der Waals surface area contributed by atoms with Crippen LogP contribution >= 0.6 is 0 Å². The number of rotatable bonds is 5. The maximum Gasteiger partial charge on any atom is 0.289 e. The first-order valence-electron chi connectivity index (χ1n) is 7.14. The van der Waals surface area contributed by atoms with Gasteiger partial charge < -0.3 is 14.6 Å². The van der Waals surface area contributed by atoms with Gasteiger partial charge in [0, 0.05) is 24.7 Å². The molecule has 19 heavy (non-hydrogen) atoms. The summed E-state index contributed by atoms with van der Waals surface area (Å²) >= 11 is 0. The quantitative estimate of drug-likeness (QED) is 0.888. The first-order chi connectivity index (χ1) is 9.08. The van der Waals surface area contributed by atoms with E-state index in [1.54, 1.807) is 6.26 Å². The lowest BCUT2D eigenvalue weighted by molar-refractivity contribution is 0.0688. The highest BCUT2D eigenvalue weighted by Crippen LogP contribution is 2.15. The van der Waals surface area contributed by atoms with Crippen LogP contribution in [0.3, 0.4) is 0 Å². The second-order valence-corrected chi connectivity index (χ2v) is 5.83. The fourth-order valence-electron chi connectivity index (χ4n) is 2.60. The van der Waals surface area contributed by atoms with Gasteiger partial charge in [-0.25, -0.2) is 0 Å². The Balaban J connectivity index is 2.07. The van der Waals surface area contributed by atoms with E-state index in [0.29, 0.717) is 17.7 Å². The smallest absolute Gasteiger partial charge is 0.289 e. The molecular formula is C15H24N2O2. The van der Waals surface area contributed by atoms with Gasteiger partial charge in [0.05, 0.1) is 6.26 Å². The SMILES string of the molecule is Cc1ccoc1C(=O)N(CC(C)C)CC1CCCN1. The minimum absolute atomic E-state index is 0.0184. The summed E-state index contributed by atoms with van der Waals surface area (Å²) in [6.45, 7) is 8.80. The molecule has 0 radical (unpaired) electrons. The molecule has 0 saturated carbocycles. The van der Waals surface area contributed by atoms with Gasteiger partial charge in [-0.15, -0.1) is 0 Å². The summed E-state index contributed by atoms with van der Waals surface area (Å²) in [5.41, 5.74) is 0.915. The molecule has 4 heteroatoms. The van der Waals surface area contributed by atoms with Gasteiger partial charge >= 0.3 is 0 Å². The fraction of sp³-hybridized carbons (Fsp3) is 0.667. The van der Waals surface area contributed by atoms with Crippen molar-refractivity contribution in [2.24, 2.45) is 5.92 Å². The van der Waals surface area contributed by atoms with E-state index in [4.69, 9.17) is 4.42 Å². The molecule has 1 aliphatic heterocycles. The van der Waals surface area contributed by atoms with E-state index in [-0.39, 0.29) is 5.91 Å². The molecule has 2 heterocycles. The molecule has 1 fully saturated rings. The molecule has 1 atom stereocenters. The second-order valence-electron chi connectivity index (χ2n) is 5.83. The van der Waals surface area contributed by atoms with E-state index < -0.39 is 0 Å². The second kappa shape index (κ2) is 6.24. The van der Waals surface area contributed by atoms with Crippen molar-refractivity contribution in [2.75, 3.05) is 19.6 Å². The first kappa shape index (κ1) is 14.1. The number of nitrogens with zero attached hydrogens (tertiary/aromatic N) is 1. The largest absolute Gasteiger partial charge is 0.459 e. The Morgan fingerprint density at radius 3 is 2.89 bits per heavy atom. The molecule has 1 aromatic rings. The van der Waals surface area contributed by atoms with Crippen molar-refractivity contribution < 1.29 is 9.21 Å². The summed E-state index contributed by atoms with van der Waals surface area (Å²) in [7, 11) is 0. The van der Waals surface area contributed by atoms with Crippen LogP contribution in [0.5, 0.6) is 0 Å². The molecule has 1 saturated heterocycles. The number of furan rings is 1. The van der Waals surface area contributed by atoms with Crippen LogP contribution in [0, 0.1) is 12.8 Å². The number of hydrogen-bond donors (Lipinski definition) is 1. The molecule has 1 aromatic heterocycles. The predicted octanol–water partition coefficient (Wildman–Crippen LogP) is 2.44. The minimum Gasteiger partial charge on any atom is -0.459 e. The molecule has 106 valence electrons. The van der Waals surface area contributed by atoms with Crippen molar-refractivity contribution in [3.8, 4) is 0 Å². The van der Waals surface area contributed by atoms with Crippen LogP contribution in [0.25, 0.3) is 0 Å². The van der Waals surface area contributed by atoms with Crippen molar-refractivity contribution >= 4 is 5.91 Å². The molecule has 0 bridgehead atoms. The third-order valence-corrected chi connectivity index (χ3v) is 3.53. The Hall–Kier alpha value is -1.29. The number of hydrogen-bond acceptors (Lipinski definition) is 3. The molecule has 0 aromatic carbocycles. The van der Waals surface area contributed by atoms with Crippen molar-refractivity contribution in [3.05, 3.63) is 23.7 Å². The molecule has 1 N–H and O–H groups in total. The van der Waals surface area contributed by atoms with Crippen LogP contribution in [-0.2, 0) is 0 Å². The molecule has 4 nitrogen and oxygen atoms in total. The van der Waals surface area contributed by atoms with Gasteiger partial charge in [-0.3, -0.25) is 4.79 Å². The van der Waals surface area contributed by atoms with Crippen LogP contribution in [0.15, 0.2) is 16.7 Å². The average Bonchev–Trinajstić information content (AvgIpc) is 2.98. The van der Waals surface area contributed by atoms with Crippen LogP contribution in [0.1, 0.15) is 42.8 Å². The maximum absolute atomic E-state index is 12.6. The molecule has 0 spiro atoms. The molecule has 1 unspecified atom stereocenters. The van der Waals surface area contributed by atoms with Gasteiger partial charge in [0.25, 0.3) is 5.91 Å². The van der Waals surface area contributed by atoms with E-state index in [1.807, 2.05) is 17.9 Å². The van der Waals surface area contributed by atoms with Gasteiger partial charge in [0.2, 0.25) is 0 Å². The third-order valence-electron chi connectivity index (χ3n) is 3.53. The van der Waals surface area contributed by atoms with Crippen molar-refractivity contribution in [2.45, 2.75) is 39.7 Å². The Labute approximate surface area is 115 Å². The zero-order valence-corrected chi connectivity index (χ0v) is 12.1. The monoisotopic (exact) mass is 264 g/mol. The summed E-state index contributed by atoms with van der Waals surface area (Å²) in [5.74, 6) is 0.962. The average molecular weight is 264 g/mol. The molecule has 0 aliphatic carbocycles. The Morgan fingerprint density at radius 1 is 1.58 bits per heavy atom. The molecular weight excluding hydrogens is 240 g/mol. The molecule has 1 amide bonds. The highest BCUT2D eigenvalue weighted by Gasteiger charge is 2.25. The standard InChI is InChI=1S/C15H24N2O2/c1-11(2)9-17(10-13-5-4-7-16-13)15(18)14-12(3)6-8-19-14/h6,8,11,13,16H,4-5,7,9-10H2,1-3H3. The Kier molecular flexibility index (Phi) is 4.64. The third kappa shape index (κ3) is 3.60. The van der Waals surface area contributed by atoms with Gasteiger partial charge in [-0.2, -0.15) is 0 Å². The van der Waals surface area contributed by atoms with Crippen molar-refractivity contribution in [1.29, 1.82) is 0 Å². The number of amides is 1. The van der Waals surface area contributed by atoms with E-state index in [0.717, 1.165) is 31.6 Å². The number of nitrogens with one attached hydrogen (secondary N) is 1. The lowest BCUT2D eigenvalue weighted by Gasteiger charge is -2.27. The summed E-state index contributed by atoms with van der Waals surface area (Å²) in [4.78, 5) is 14.5. The first-order valence-corrected chi connectivity index (χ1v) is 7.14. The van der Waals surface area contributed by atoms with E-state index in [1.165, 1.54) is 6.42 Å². The van der Waals surface area contributed by atoms with E-state index in [2.05, 4.69) is 19.2 Å². The number of carbonyl (C=O) groups excluding carboxylic acids is 1. The van der Waals surface area contributed by atoms with Crippen LogP contribution in [0.4, 0.5) is 0 Å². The van der Waals surface area contributed by atoms with Gasteiger partial charge in [-0.05, 0) is 38.3 Å². The lowest BCUT2D eigenvalue weighted by Crippen LogP contribution is -2.42. The van der Waals surface area contributed by atoms with Crippen LogP contribution < -0.4 is 5.32 Å². The predicted molar refractivity (Wildman–Crippen MR) is 75.2 cm³/mol. The lowest BCUT2D eigenvalue weighted by atomic mass is 10.1. The number of carbonyl (C=O) groups is 1. The number of aryl methyl sites for hydroxylation is 1. The van der Waals surface area contributed by atoms with Gasteiger partial charge in [0.15, 0.2) is 5.76 Å². The highest BCUT2D eigenvalue weighted by molar-refractivity contribution is 5.92. The molecule has 1 aliphatic rings. The summed E-state index contributed by atoms with van der Waals surface area (Å²) in [6.07, 6.45) is 3.94. The van der Waals surface area contributed by atoms with Crippen LogP contribution in [-0.4, -0.2) is 36.5 Å². The summed E-state index contributed by atoms with van der Waals surface area (Å²) in [6, 6.07) is 2.27. The Morgan fingerprint density at radius 2 is 2.37 bits per heavy atom. The summed E-state index contributed by atoms with van der Waals surface area (Å²) in [5, 5.41) is 3.45. The zero-order valence-electron chi connectivity index (χ0n) is 12.1.